The molecule has 2 nitrogen and oxygen atoms in total. The zero-order valence-corrected chi connectivity index (χ0v) is 10.9. The number of rotatable bonds is 3. The van der Waals surface area contributed by atoms with Crippen LogP contribution in [0.2, 0.25) is 0 Å². The van der Waals surface area contributed by atoms with Crippen molar-refractivity contribution in [2.24, 2.45) is 5.41 Å². The van der Waals surface area contributed by atoms with Crippen molar-refractivity contribution in [2.75, 3.05) is 0 Å². The molecule has 0 saturated heterocycles. The number of Topliss-reactive ketones (excluding diaryl/α,β-unsaturated/α-hetero) is 1. The van der Waals surface area contributed by atoms with Gasteiger partial charge in [-0.3, -0.25) is 4.79 Å². The molecule has 1 aromatic heterocycles. The van der Waals surface area contributed by atoms with Gasteiger partial charge in [-0.25, -0.2) is 4.39 Å². The molecule has 0 aliphatic rings. The van der Waals surface area contributed by atoms with E-state index < -0.39 is 0 Å². The van der Waals surface area contributed by atoms with Gasteiger partial charge in [0.05, 0.1) is 0 Å². The molecule has 0 bridgehead atoms. The van der Waals surface area contributed by atoms with Gasteiger partial charge in [0, 0.05) is 11.8 Å². The van der Waals surface area contributed by atoms with Crippen LogP contribution in [0.3, 0.4) is 0 Å². The smallest absolute Gasteiger partial charge is 0.198 e. The number of hydrogen-bond acceptors (Lipinski definition) is 2. The number of carbonyl (C=O) groups is 1. The molecule has 1 aromatic carbocycles. The Bertz CT molecular complexity index is 576. The third kappa shape index (κ3) is 2.97. The lowest BCUT2D eigenvalue weighted by Crippen LogP contribution is -2.08. The van der Waals surface area contributed by atoms with Crippen molar-refractivity contribution in [3.05, 3.63) is 35.8 Å². The van der Waals surface area contributed by atoms with E-state index in [0.29, 0.717) is 23.2 Å². The largest absolute Gasteiger partial charge is 0.453 e. The minimum atomic E-state index is -0.322. The van der Waals surface area contributed by atoms with E-state index in [2.05, 4.69) is 20.8 Å². The van der Waals surface area contributed by atoms with Crippen LogP contribution >= 0.6 is 0 Å². The second-order valence-electron chi connectivity index (χ2n) is 5.78. The Morgan fingerprint density at radius 2 is 2.00 bits per heavy atom. The molecule has 0 atom stereocenters. The molecule has 0 unspecified atom stereocenters. The summed E-state index contributed by atoms with van der Waals surface area (Å²) in [5.74, 6) is -0.0293. The number of fused-ring (bicyclic) bond motifs is 1. The Labute approximate surface area is 106 Å². The van der Waals surface area contributed by atoms with Gasteiger partial charge in [0.1, 0.15) is 11.4 Å². The highest BCUT2D eigenvalue weighted by atomic mass is 19.1. The van der Waals surface area contributed by atoms with Crippen LogP contribution in [0.4, 0.5) is 4.39 Å². The lowest BCUT2D eigenvalue weighted by atomic mass is 9.89. The zero-order chi connectivity index (χ0) is 13.3. The van der Waals surface area contributed by atoms with Crippen molar-refractivity contribution >= 4 is 16.8 Å². The van der Waals surface area contributed by atoms with E-state index in [4.69, 9.17) is 4.42 Å². The number of hydrogen-bond donors (Lipinski definition) is 0. The highest BCUT2D eigenvalue weighted by Gasteiger charge is 2.17. The van der Waals surface area contributed by atoms with E-state index in [1.807, 2.05) is 0 Å². The minimum absolute atomic E-state index is 0.0264. The van der Waals surface area contributed by atoms with E-state index in [1.54, 1.807) is 12.1 Å². The Morgan fingerprint density at radius 3 is 2.67 bits per heavy atom. The molecule has 0 saturated carbocycles. The number of carbonyl (C=O) groups excluding carboxylic acids is 1. The van der Waals surface area contributed by atoms with Gasteiger partial charge in [-0.15, -0.1) is 0 Å². The molecule has 1 heterocycles. The van der Waals surface area contributed by atoms with Gasteiger partial charge in [-0.1, -0.05) is 20.8 Å². The highest BCUT2D eigenvalue weighted by Crippen LogP contribution is 2.25. The van der Waals surface area contributed by atoms with Gasteiger partial charge in [0.15, 0.2) is 11.5 Å². The number of halogens is 1. The Balaban J connectivity index is 2.18. The van der Waals surface area contributed by atoms with E-state index in [1.165, 1.54) is 12.1 Å². The monoisotopic (exact) mass is 248 g/mol. The molecule has 18 heavy (non-hydrogen) atoms. The van der Waals surface area contributed by atoms with Gasteiger partial charge >= 0.3 is 0 Å². The van der Waals surface area contributed by atoms with E-state index in [-0.39, 0.29) is 17.0 Å². The number of furan rings is 1. The second kappa shape index (κ2) is 4.56. The lowest BCUT2D eigenvalue weighted by Gasteiger charge is -2.16. The number of benzene rings is 1. The SMILES string of the molecule is CC(C)(C)CCC(=O)c1cc2cc(F)ccc2o1. The first-order chi connectivity index (χ1) is 8.35. The summed E-state index contributed by atoms with van der Waals surface area (Å²) >= 11 is 0. The van der Waals surface area contributed by atoms with Crippen molar-refractivity contribution in [1.82, 2.24) is 0 Å². The Morgan fingerprint density at radius 1 is 1.28 bits per heavy atom. The average Bonchev–Trinajstić information content (AvgIpc) is 2.67. The van der Waals surface area contributed by atoms with Crippen LogP contribution < -0.4 is 0 Å². The maximum absolute atomic E-state index is 13.0. The van der Waals surface area contributed by atoms with Crippen LogP contribution in [0.5, 0.6) is 0 Å². The first-order valence-electron chi connectivity index (χ1n) is 6.07. The van der Waals surface area contributed by atoms with Crippen molar-refractivity contribution in [1.29, 1.82) is 0 Å². The standard InChI is InChI=1S/C15H17FO2/c1-15(2,3)7-6-12(17)14-9-10-8-11(16)4-5-13(10)18-14/h4-5,8-9H,6-7H2,1-3H3. The summed E-state index contributed by atoms with van der Waals surface area (Å²) in [6.45, 7) is 6.27. The molecule has 2 rings (SSSR count). The molecule has 2 aromatic rings. The molecule has 0 N–H and O–H groups in total. The van der Waals surface area contributed by atoms with E-state index in [9.17, 15) is 9.18 Å². The first kappa shape index (κ1) is 12.8. The summed E-state index contributed by atoms with van der Waals surface area (Å²) < 4.78 is 18.5. The number of ketones is 1. The second-order valence-corrected chi connectivity index (χ2v) is 5.78. The van der Waals surface area contributed by atoms with Gasteiger partial charge in [-0.2, -0.15) is 0 Å². The molecule has 0 radical (unpaired) electrons. The highest BCUT2D eigenvalue weighted by molar-refractivity contribution is 5.97. The Hall–Kier alpha value is -1.64. The summed E-state index contributed by atoms with van der Waals surface area (Å²) in [6.07, 6.45) is 1.25. The molecule has 0 fully saturated rings. The maximum atomic E-state index is 13.0. The summed E-state index contributed by atoms with van der Waals surface area (Å²) in [4.78, 5) is 12.0. The molecule has 3 heteroatoms. The van der Waals surface area contributed by atoms with Crippen LogP contribution in [0.15, 0.2) is 28.7 Å². The van der Waals surface area contributed by atoms with Crippen LogP contribution in [0.25, 0.3) is 11.0 Å². The van der Waals surface area contributed by atoms with Gasteiger partial charge < -0.3 is 4.42 Å². The third-order valence-electron chi connectivity index (χ3n) is 2.86. The van der Waals surface area contributed by atoms with Crippen molar-refractivity contribution in [3.63, 3.8) is 0 Å². The molecule has 96 valence electrons. The van der Waals surface area contributed by atoms with Crippen LogP contribution in [-0.2, 0) is 0 Å². The Kier molecular flexibility index (Phi) is 3.24. The first-order valence-corrected chi connectivity index (χ1v) is 6.07. The summed E-state index contributed by atoms with van der Waals surface area (Å²) in [7, 11) is 0. The third-order valence-corrected chi connectivity index (χ3v) is 2.86. The zero-order valence-electron chi connectivity index (χ0n) is 10.9. The summed E-state index contributed by atoms with van der Waals surface area (Å²) in [5, 5.41) is 0.633. The lowest BCUT2D eigenvalue weighted by molar-refractivity contribution is 0.0941. The van der Waals surface area contributed by atoms with E-state index in [0.717, 1.165) is 6.42 Å². The van der Waals surface area contributed by atoms with Crippen molar-refractivity contribution in [3.8, 4) is 0 Å². The topological polar surface area (TPSA) is 30.2 Å². The van der Waals surface area contributed by atoms with Crippen LogP contribution in [0, 0.1) is 11.2 Å². The normalized spacial score (nSPS) is 12.0. The fourth-order valence-corrected chi connectivity index (χ4v) is 1.76. The van der Waals surface area contributed by atoms with E-state index >= 15 is 0 Å². The van der Waals surface area contributed by atoms with Gasteiger partial charge in [0.2, 0.25) is 0 Å². The van der Waals surface area contributed by atoms with Crippen LogP contribution in [-0.4, -0.2) is 5.78 Å². The van der Waals surface area contributed by atoms with Crippen molar-refractivity contribution < 1.29 is 13.6 Å². The van der Waals surface area contributed by atoms with Gasteiger partial charge in [-0.05, 0) is 36.1 Å². The molecule has 0 spiro atoms. The predicted octanol–water partition coefficient (Wildman–Crippen LogP) is 4.58. The average molecular weight is 248 g/mol. The quantitative estimate of drug-likeness (QED) is 0.744. The molecular formula is C15H17FO2. The van der Waals surface area contributed by atoms with Gasteiger partial charge in [0.25, 0.3) is 0 Å². The maximum Gasteiger partial charge on any atom is 0.198 e. The summed E-state index contributed by atoms with van der Waals surface area (Å²) in [6, 6.07) is 5.86. The molecular weight excluding hydrogens is 231 g/mol. The fourth-order valence-electron chi connectivity index (χ4n) is 1.76. The van der Waals surface area contributed by atoms with Crippen molar-refractivity contribution in [2.45, 2.75) is 33.6 Å². The molecule has 0 aliphatic heterocycles. The van der Waals surface area contributed by atoms with Crippen LogP contribution in [0.1, 0.15) is 44.2 Å². The molecule has 0 aliphatic carbocycles. The predicted molar refractivity (Wildman–Crippen MR) is 69.2 cm³/mol. The minimum Gasteiger partial charge on any atom is -0.453 e. The summed E-state index contributed by atoms with van der Waals surface area (Å²) in [5.41, 5.74) is 0.670. The molecule has 0 amide bonds. The fraction of sp³-hybridized carbons (Fsp3) is 0.400.